The number of methoxy groups -OCH3 is 1. The Morgan fingerprint density at radius 3 is 2.29 bits per heavy atom. The summed E-state index contributed by atoms with van der Waals surface area (Å²) in [5, 5.41) is 1.97. The summed E-state index contributed by atoms with van der Waals surface area (Å²) in [6.07, 6.45) is -3.53. The average molecular weight is 448 g/mol. The zero-order chi connectivity index (χ0) is 22.5. The second-order valence-electron chi connectivity index (χ2n) is 6.98. The number of benzene rings is 1. The van der Waals surface area contributed by atoms with Crippen LogP contribution in [0.15, 0.2) is 35.7 Å². The topological polar surface area (TPSA) is 97.4 Å². The molecule has 1 aromatic carbocycles. The minimum atomic E-state index is -0.958. The number of rotatable bonds is 7. The molecule has 1 fully saturated rings. The van der Waals surface area contributed by atoms with E-state index in [0.717, 1.165) is 10.4 Å². The third kappa shape index (κ3) is 5.42. The Morgan fingerprint density at radius 2 is 1.71 bits per heavy atom. The Hall–Kier alpha value is -2.91. The smallest absolute Gasteiger partial charge is 0.303 e. The number of thiophene rings is 1. The lowest BCUT2D eigenvalue weighted by atomic mass is 9.98. The van der Waals surface area contributed by atoms with Crippen molar-refractivity contribution in [2.24, 2.45) is 0 Å². The molecule has 0 radical (unpaired) electrons. The molecule has 1 aromatic heterocycles. The van der Waals surface area contributed by atoms with Crippen LogP contribution in [0.4, 0.5) is 0 Å². The van der Waals surface area contributed by atoms with Gasteiger partial charge < -0.3 is 23.7 Å². The van der Waals surface area contributed by atoms with Crippen molar-refractivity contribution in [1.29, 1.82) is 0 Å². The first-order chi connectivity index (χ1) is 14.8. The lowest BCUT2D eigenvalue weighted by Gasteiger charge is -2.24. The van der Waals surface area contributed by atoms with Crippen LogP contribution in [-0.2, 0) is 33.3 Å². The summed E-state index contributed by atoms with van der Waals surface area (Å²) < 4.78 is 27.7. The fourth-order valence-electron chi connectivity index (χ4n) is 3.52. The maximum absolute atomic E-state index is 11.9. The molecule has 166 valence electrons. The number of carbonyl (C=O) groups excluding carboxylic acids is 3. The molecule has 1 aliphatic rings. The van der Waals surface area contributed by atoms with Crippen molar-refractivity contribution in [3.63, 3.8) is 0 Å². The summed E-state index contributed by atoms with van der Waals surface area (Å²) in [5.74, 6) is -1.11. The Bertz CT molecular complexity index is 939. The first-order valence-electron chi connectivity index (χ1n) is 9.65. The van der Waals surface area contributed by atoms with Crippen molar-refractivity contribution in [3.05, 3.63) is 41.3 Å². The highest BCUT2D eigenvalue weighted by molar-refractivity contribution is 7.13. The van der Waals surface area contributed by atoms with Gasteiger partial charge in [0.2, 0.25) is 0 Å². The average Bonchev–Trinajstić information content (AvgIpc) is 3.35. The van der Waals surface area contributed by atoms with Crippen molar-refractivity contribution >= 4 is 29.2 Å². The molecule has 0 amide bonds. The minimum Gasteiger partial charge on any atom is -0.496 e. The van der Waals surface area contributed by atoms with E-state index in [1.807, 2.05) is 29.6 Å². The van der Waals surface area contributed by atoms with Crippen molar-refractivity contribution in [1.82, 2.24) is 0 Å². The summed E-state index contributed by atoms with van der Waals surface area (Å²) >= 11 is 1.58. The molecule has 0 bridgehead atoms. The van der Waals surface area contributed by atoms with E-state index in [1.165, 1.54) is 27.9 Å². The van der Waals surface area contributed by atoms with Gasteiger partial charge in [0.05, 0.1) is 7.11 Å². The predicted octanol–water partition coefficient (Wildman–Crippen LogP) is 3.29. The van der Waals surface area contributed by atoms with Crippen LogP contribution in [0.2, 0.25) is 0 Å². The van der Waals surface area contributed by atoms with Gasteiger partial charge in [0.15, 0.2) is 12.2 Å². The predicted molar refractivity (Wildman–Crippen MR) is 112 cm³/mol. The Morgan fingerprint density at radius 1 is 1.00 bits per heavy atom. The van der Waals surface area contributed by atoms with Gasteiger partial charge in [-0.1, -0.05) is 6.07 Å². The van der Waals surface area contributed by atoms with E-state index < -0.39 is 42.3 Å². The SMILES string of the molecule is COc1ccc(-c2cccs2)cc1[C@@H]1O[C@H](COC(C)=O)[C@@H](OC(C)=O)[C@H]1OC(C)=O. The van der Waals surface area contributed by atoms with Gasteiger partial charge in [0.25, 0.3) is 0 Å². The summed E-state index contributed by atoms with van der Waals surface area (Å²) in [5.41, 5.74) is 1.56. The molecule has 2 aromatic rings. The van der Waals surface area contributed by atoms with Crippen LogP contribution in [0.1, 0.15) is 32.4 Å². The van der Waals surface area contributed by atoms with Gasteiger partial charge in [-0.25, -0.2) is 0 Å². The zero-order valence-electron chi connectivity index (χ0n) is 17.7. The highest BCUT2D eigenvalue weighted by Crippen LogP contribution is 2.43. The van der Waals surface area contributed by atoms with E-state index in [1.54, 1.807) is 17.4 Å². The second-order valence-corrected chi connectivity index (χ2v) is 7.93. The van der Waals surface area contributed by atoms with E-state index in [9.17, 15) is 14.4 Å². The van der Waals surface area contributed by atoms with Crippen LogP contribution >= 0.6 is 11.3 Å². The number of hydrogen-bond donors (Lipinski definition) is 0. The van der Waals surface area contributed by atoms with Crippen molar-refractivity contribution in [2.75, 3.05) is 13.7 Å². The molecule has 3 rings (SSSR count). The summed E-state index contributed by atoms with van der Waals surface area (Å²) in [4.78, 5) is 36.0. The van der Waals surface area contributed by atoms with Gasteiger partial charge >= 0.3 is 17.9 Å². The molecule has 1 aliphatic heterocycles. The summed E-state index contributed by atoms with van der Waals surface area (Å²) in [6.45, 7) is 3.62. The minimum absolute atomic E-state index is 0.158. The monoisotopic (exact) mass is 448 g/mol. The fraction of sp³-hybridized carbons (Fsp3) is 0.409. The van der Waals surface area contributed by atoms with Crippen LogP contribution in [-0.4, -0.2) is 49.9 Å². The number of carbonyl (C=O) groups is 3. The van der Waals surface area contributed by atoms with Crippen molar-refractivity contribution < 1.29 is 38.1 Å². The van der Waals surface area contributed by atoms with Crippen LogP contribution in [0, 0.1) is 0 Å². The lowest BCUT2D eigenvalue weighted by molar-refractivity contribution is -0.165. The van der Waals surface area contributed by atoms with Crippen LogP contribution in [0.25, 0.3) is 10.4 Å². The molecule has 0 aliphatic carbocycles. The van der Waals surface area contributed by atoms with E-state index in [4.69, 9.17) is 23.7 Å². The van der Waals surface area contributed by atoms with Gasteiger partial charge in [-0.15, -0.1) is 11.3 Å². The standard InChI is InChI=1S/C22H24O8S/c1-12(23)27-11-18-21(28-13(2)24)22(29-14(3)25)20(30-18)16-10-15(7-8-17(16)26-4)19-6-5-9-31-19/h5-10,18,20-22H,11H2,1-4H3/t18-,20+,21-,22+/m1/s1. The molecule has 9 heteroatoms. The van der Waals surface area contributed by atoms with Crippen LogP contribution < -0.4 is 4.74 Å². The van der Waals surface area contributed by atoms with Crippen LogP contribution in [0.3, 0.4) is 0 Å². The number of ether oxygens (including phenoxy) is 5. The largest absolute Gasteiger partial charge is 0.496 e. The summed E-state index contributed by atoms with van der Waals surface area (Å²) in [6, 6.07) is 9.55. The summed E-state index contributed by atoms with van der Waals surface area (Å²) in [7, 11) is 1.53. The Labute approximate surface area is 184 Å². The fourth-order valence-corrected chi connectivity index (χ4v) is 4.24. The van der Waals surface area contributed by atoms with Gasteiger partial charge in [0.1, 0.15) is 24.6 Å². The molecule has 8 nitrogen and oxygen atoms in total. The maximum Gasteiger partial charge on any atom is 0.303 e. The number of hydrogen-bond acceptors (Lipinski definition) is 9. The van der Waals surface area contributed by atoms with Gasteiger partial charge in [-0.05, 0) is 35.2 Å². The third-order valence-electron chi connectivity index (χ3n) is 4.71. The van der Waals surface area contributed by atoms with Gasteiger partial charge in [-0.2, -0.15) is 0 Å². The van der Waals surface area contributed by atoms with E-state index in [0.29, 0.717) is 11.3 Å². The Balaban J connectivity index is 2.03. The highest BCUT2D eigenvalue weighted by Gasteiger charge is 2.51. The lowest BCUT2D eigenvalue weighted by Crippen LogP contribution is -2.40. The van der Waals surface area contributed by atoms with Gasteiger partial charge in [0, 0.05) is 31.2 Å². The molecule has 1 saturated heterocycles. The molecular formula is C22H24O8S. The molecule has 4 atom stereocenters. The molecule has 31 heavy (non-hydrogen) atoms. The molecule has 2 heterocycles. The van der Waals surface area contributed by atoms with Crippen molar-refractivity contribution in [3.8, 4) is 16.2 Å². The quantitative estimate of drug-likeness (QED) is 0.470. The van der Waals surface area contributed by atoms with E-state index in [2.05, 4.69) is 0 Å². The molecule has 0 saturated carbocycles. The molecule has 0 unspecified atom stereocenters. The maximum atomic E-state index is 11.9. The second kappa shape index (κ2) is 9.93. The third-order valence-corrected chi connectivity index (χ3v) is 5.63. The van der Waals surface area contributed by atoms with Gasteiger partial charge in [-0.3, -0.25) is 14.4 Å². The molecule has 0 spiro atoms. The highest BCUT2D eigenvalue weighted by atomic mass is 32.1. The first-order valence-corrected chi connectivity index (χ1v) is 10.5. The number of esters is 3. The Kier molecular flexibility index (Phi) is 7.29. The first kappa shape index (κ1) is 22.8. The molecule has 0 N–H and O–H groups in total. The van der Waals surface area contributed by atoms with Crippen LogP contribution in [0.5, 0.6) is 5.75 Å². The zero-order valence-corrected chi connectivity index (χ0v) is 18.5. The van der Waals surface area contributed by atoms with E-state index in [-0.39, 0.29) is 6.61 Å². The van der Waals surface area contributed by atoms with Crippen molar-refractivity contribution in [2.45, 2.75) is 45.2 Å². The van der Waals surface area contributed by atoms with E-state index >= 15 is 0 Å². The molecular weight excluding hydrogens is 424 g/mol. The normalized spacial score (nSPS) is 22.6.